The van der Waals surface area contributed by atoms with E-state index in [1.807, 2.05) is 0 Å². The van der Waals surface area contributed by atoms with Crippen LogP contribution in [0.5, 0.6) is 0 Å². The average molecular weight is 358 g/mol. The van der Waals surface area contributed by atoms with Crippen LogP contribution in [0.3, 0.4) is 0 Å². The normalized spacial score (nSPS) is 15.5. The molecule has 1 amide bonds. The lowest BCUT2D eigenvalue weighted by Gasteiger charge is -2.16. The van der Waals surface area contributed by atoms with Crippen LogP contribution in [0.2, 0.25) is 0 Å². The van der Waals surface area contributed by atoms with Gasteiger partial charge in [-0.25, -0.2) is 9.18 Å². The van der Waals surface area contributed by atoms with E-state index in [-0.39, 0.29) is 29.9 Å². The highest BCUT2D eigenvalue weighted by molar-refractivity contribution is 5.96. The smallest absolute Gasteiger partial charge is 0.340 e. The number of pyridine rings is 1. The molecule has 0 spiro atoms. The monoisotopic (exact) mass is 358 g/mol. The van der Waals surface area contributed by atoms with Gasteiger partial charge in [0.05, 0.1) is 16.8 Å². The van der Waals surface area contributed by atoms with Crippen molar-refractivity contribution >= 4 is 22.8 Å². The first kappa shape index (κ1) is 18.3. The molecule has 1 heterocycles. The van der Waals surface area contributed by atoms with Crippen molar-refractivity contribution in [1.29, 1.82) is 0 Å². The molecule has 3 rings (SSSR count). The predicted octanol–water partition coefficient (Wildman–Crippen LogP) is 3.68. The van der Waals surface area contributed by atoms with Gasteiger partial charge in [-0.15, -0.1) is 0 Å². The van der Waals surface area contributed by atoms with Crippen molar-refractivity contribution in [3.05, 3.63) is 41.3 Å². The van der Waals surface area contributed by atoms with Gasteiger partial charge in [0, 0.05) is 17.5 Å². The molecule has 1 saturated carbocycles. The number of esters is 1. The van der Waals surface area contributed by atoms with Gasteiger partial charge in [-0.05, 0) is 38.0 Å². The van der Waals surface area contributed by atoms with E-state index in [1.165, 1.54) is 25.0 Å². The summed E-state index contributed by atoms with van der Waals surface area (Å²) in [7, 11) is 0. The minimum Gasteiger partial charge on any atom is -0.452 e. The Morgan fingerprint density at radius 2 is 1.92 bits per heavy atom. The average Bonchev–Trinajstić information content (AvgIpc) is 2.87. The summed E-state index contributed by atoms with van der Waals surface area (Å²) >= 11 is 0. The van der Waals surface area contributed by atoms with Gasteiger partial charge in [-0.3, -0.25) is 9.78 Å². The van der Waals surface area contributed by atoms with Crippen molar-refractivity contribution in [3.8, 4) is 0 Å². The molecule has 1 aromatic heterocycles. The van der Waals surface area contributed by atoms with Crippen LogP contribution in [0, 0.1) is 12.7 Å². The fourth-order valence-corrected chi connectivity index (χ4v) is 3.35. The number of carbonyl (C=O) groups excluding carboxylic acids is 2. The largest absolute Gasteiger partial charge is 0.452 e. The molecule has 2 aromatic rings. The summed E-state index contributed by atoms with van der Waals surface area (Å²) in [6.45, 7) is 1.35. The molecular formula is C20H23FN2O3. The van der Waals surface area contributed by atoms with Crippen molar-refractivity contribution in [3.63, 3.8) is 0 Å². The van der Waals surface area contributed by atoms with Crippen molar-refractivity contribution in [1.82, 2.24) is 10.3 Å². The van der Waals surface area contributed by atoms with Gasteiger partial charge < -0.3 is 10.1 Å². The molecule has 26 heavy (non-hydrogen) atoms. The zero-order chi connectivity index (χ0) is 18.5. The summed E-state index contributed by atoms with van der Waals surface area (Å²) in [5.41, 5.74) is 1.20. The van der Waals surface area contributed by atoms with Gasteiger partial charge in [0.15, 0.2) is 6.61 Å². The van der Waals surface area contributed by atoms with Gasteiger partial charge >= 0.3 is 5.97 Å². The summed E-state index contributed by atoms with van der Waals surface area (Å²) < 4.78 is 18.4. The van der Waals surface area contributed by atoms with E-state index in [4.69, 9.17) is 4.74 Å². The molecule has 1 aromatic carbocycles. The first-order valence-corrected chi connectivity index (χ1v) is 9.06. The number of rotatable bonds is 4. The lowest BCUT2D eigenvalue weighted by molar-refractivity contribution is -0.125. The molecule has 1 aliphatic carbocycles. The number of nitrogens with zero attached hydrogens (tertiary/aromatic N) is 1. The van der Waals surface area contributed by atoms with Crippen LogP contribution in [-0.4, -0.2) is 29.5 Å². The van der Waals surface area contributed by atoms with Gasteiger partial charge in [0.1, 0.15) is 5.82 Å². The summed E-state index contributed by atoms with van der Waals surface area (Å²) in [5, 5.41) is 3.59. The van der Waals surface area contributed by atoms with Crippen molar-refractivity contribution in [2.24, 2.45) is 0 Å². The number of amides is 1. The van der Waals surface area contributed by atoms with Crippen LogP contribution in [0.4, 0.5) is 4.39 Å². The number of nitrogens with one attached hydrogen (secondary N) is 1. The number of aromatic nitrogens is 1. The Balaban J connectivity index is 1.60. The van der Waals surface area contributed by atoms with Gasteiger partial charge in [0.2, 0.25) is 0 Å². The van der Waals surface area contributed by atoms with Crippen LogP contribution in [0.15, 0.2) is 24.3 Å². The van der Waals surface area contributed by atoms with E-state index in [0.29, 0.717) is 16.6 Å². The molecule has 1 N–H and O–H groups in total. The van der Waals surface area contributed by atoms with Crippen LogP contribution in [-0.2, 0) is 9.53 Å². The van der Waals surface area contributed by atoms with E-state index in [1.54, 1.807) is 19.1 Å². The third kappa shape index (κ3) is 4.56. The highest BCUT2D eigenvalue weighted by Gasteiger charge is 2.18. The molecule has 0 radical (unpaired) electrons. The second-order valence-electron chi connectivity index (χ2n) is 6.79. The molecule has 5 nitrogen and oxygen atoms in total. The number of hydrogen-bond acceptors (Lipinski definition) is 4. The third-order valence-corrected chi connectivity index (χ3v) is 4.74. The number of benzene rings is 1. The van der Waals surface area contributed by atoms with Crippen molar-refractivity contribution in [2.45, 2.75) is 51.5 Å². The van der Waals surface area contributed by atoms with Crippen LogP contribution < -0.4 is 5.32 Å². The zero-order valence-corrected chi connectivity index (χ0v) is 14.9. The molecule has 0 saturated heterocycles. The maximum absolute atomic E-state index is 13.3. The number of aryl methyl sites for hydroxylation is 1. The lowest BCUT2D eigenvalue weighted by Crippen LogP contribution is -2.37. The Kier molecular flexibility index (Phi) is 5.81. The van der Waals surface area contributed by atoms with E-state index in [9.17, 15) is 14.0 Å². The summed E-state index contributed by atoms with van der Waals surface area (Å²) in [6.07, 6.45) is 6.60. The summed E-state index contributed by atoms with van der Waals surface area (Å²) in [5.74, 6) is -1.26. The highest BCUT2D eigenvalue weighted by atomic mass is 19.1. The molecule has 1 aliphatic rings. The molecule has 0 aliphatic heterocycles. The maximum atomic E-state index is 13.3. The van der Waals surface area contributed by atoms with Crippen LogP contribution >= 0.6 is 0 Å². The highest BCUT2D eigenvalue weighted by Crippen LogP contribution is 2.19. The fourth-order valence-electron chi connectivity index (χ4n) is 3.35. The maximum Gasteiger partial charge on any atom is 0.340 e. The lowest BCUT2D eigenvalue weighted by atomic mass is 10.1. The van der Waals surface area contributed by atoms with E-state index >= 15 is 0 Å². The van der Waals surface area contributed by atoms with E-state index < -0.39 is 5.97 Å². The molecule has 0 atom stereocenters. The number of halogens is 1. The van der Waals surface area contributed by atoms with Gasteiger partial charge in [-0.1, -0.05) is 25.7 Å². The standard InChI is InChI=1S/C20H23FN2O3/c1-13-17(10-14-8-9-15(21)11-18(14)22-13)20(25)26-12-19(24)23-16-6-4-2-3-5-7-16/h8-11,16H,2-7,12H2,1H3,(H,23,24). The Morgan fingerprint density at radius 3 is 2.65 bits per heavy atom. The predicted molar refractivity (Wildman–Crippen MR) is 96.4 cm³/mol. The van der Waals surface area contributed by atoms with Crippen LogP contribution in [0.1, 0.15) is 54.6 Å². The topological polar surface area (TPSA) is 68.3 Å². The number of carbonyl (C=O) groups is 2. The van der Waals surface area contributed by atoms with Gasteiger partial charge in [0.25, 0.3) is 5.91 Å². The second kappa shape index (κ2) is 8.25. The Labute approximate surface area is 151 Å². The molecule has 6 heteroatoms. The van der Waals surface area contributed by atoms with Crippen LogP contribution in [0.25, 0.3) is 10.9 Å². The minimum absolute atomic E-state index is 0.169. The first-order valence-electron chi connectivity index (χ1n) is 9.06. The number of ether oxygens (including phenoxy) is 1. The number of fused-ring (bicyclic) bond motifs is 1. The second-order valence-corrected chi connectivity index (χ2v) is 6.79. The van der Waals surface area contributed by atoms with E-state index in [2.05, 4.69) is 10.3 Å². The Morgan fingerprint density at radius 1 is 1.19 bits per heavy atom. The molecule has 138 valence electrons. The summed E-state index contributed by atoms with van der Waals surface area (Å²) in [4.78, 5) is 28.6. The Bertz CT molecular complexity index is 814. The zero-order valence-electron chi connectivity index (χ0n) is 14.9. The molecule has 0 unspecified atom stereocenters. The first-order chi connectivity index (χ1) is 12.5. The minimum atomic E-state index is -0.600. The van der Waals surface area contributed by atoms with E-state index in [0.717, 1.165) is 25.7 Å². The molecular weight excluding hydrogens is 335 g/mol. The molecule has 1 fully saturated rings. The Hall–Kier alpha value is -2.50. The summed E-state index contributed by atoms with van der Waals surface area (Å²) in [6, 6.07) is 5.98. The molecule has 0 bridgehead atoms. The number of hydrogen-bond donors (Lipinski definition) is 1. The fraction of sp³-hybridized carbons (Fsp3) is 0.450. The van der Waals surface area contributed by atoms with Gasteiger partial charge in [-0.2, -0.15) is 0 Å². The third-order valence-electron chi connectivity index (χ3n) is 4.74. The quantitative estimate of drug-likeness (QED) is 0.669. The SMILES string of the molecule is Cc1nc2cc(F)ccc2cc1C(=O)OCC(=O)NC1CCCCCC1. The van der Waals surface area contributed by atoms with Crippen molar-refractivity contribution in [2.75, 3.05) is 6.61 Å². The van der Waals surface area contributed by atoms with Crippen molar-refractivity contribution < 1.29 is 18.7 Å².